The summed E-state index contributed by atoms with van der Waals surface area (Å²) in [6.07, 6.45) is 0. The summed E-state index contributed by atoms with van der Waals surface area (Å²) in [5.41, 5.74) is 1.40. The smallest absolute Gasteiger partial charge is 0.255 e. The van der Waals surface area contributed by atoms with E-state index in [0.29, 0.717) is 23.1 Å². The summed E-state index contributed by atoms with van der Waals surface area (Å²) < 4.78 is 13.9. The predicted octanol–water partition coefficient (Wildman–Crippen LogP) is 4.25. The molecular weight excluding hydrogens is 321 g/mol. The van der Waals surface area contributed by atoms with Crippen molar-refractivity contribution in [2.75, 3.05) is 6.54 Å². The van der Waals surface area contributed by atoms with Crippen LogP contribution in [0.4, 0.5) is 4.39 Å². The highest BCUT2D eigenvalue weighted by atomic mass is 79.9. The van der Waals surface area contributed by atoms with Gasteiger partial charge in [-0.05, 0) is 46.6 Å². The van der Waals surface area contributed by atoms with E-state index in [0.717, 1.165) is 5.56 Å². The summed E-state index contributed by atoms with van der Waals surface area (Å²) >= 11 is 3.30. The number of nitrogens with zero attached hydrogens (tertiary/aromatic N) is 1. The zero-order valence-corrected chi connectivity index (χ0v) is 12.7. The van der Waals surface area contributed by atoms with Crippen LogP contribution in [0.15, 0.2) is 53.0 Å². The second-order valence-electron chi connectivity index (χ2n) is 4.43. The molecule has 0 unspecified atom stereocenters. The van der Waals surface area contributed by atoms with Crippen LogP contribution >= 0.6 is 15.9 Å². The van der Waals surface area contributed by atoms with Gasteiger partial charge in [-0.2, -0.15) is 0 Å². The van der Waals surface area contributed by atoms with Crippen LogP contribution in [0.5, 0.6) is 0 Å². The van der Waals surface area contributed by atoms with Crippen LogP contribution in [-0.4, -0.2) is 17.4 Å². The van der Waals surface area contributed by atoms with Gasteiger partial charge in [-0.25, -0.2) is 4.39 Å². The number of halogens is 2. The van der Waals surface area contributed by atoms with Crippen molar-refractivity contribution in [2.24, 2.45) is 0 Å². The Morgan fingerprint density at radius 2 is 1.90 bits per heavy atom. The molecule has 20 heavy (non-hydrogen) atoms. The number of carbonyl (C=O) groups excluding carboxylic acids is 1. The van der Waals surface area contributed by atoms with E-state index in [4.69, 9.17) is 0 Å². The van der Waals surface area contributed by atoms with Gasteiger partial charge < -0.3 is 4.90 Å². The molecule has 0 fully saturated rings. The van der Waals surface area contributed by atoms with Crippen molar-refractivity contribution in [3.8, 4) is 0 Å². The lowest BCUT2D eigenvalue weighted by atomic mass is 10.1. The molecule has 0 heterocycles. The first-order valence-electron chi connectivity index (χ1n) is 6.40. The molecule has 0 saturated carbocycles. The lowest BCUT2D eigenvalue weighted by molar-refractivity contribution is 0.0751. The first kappa shape index (κ1) is 14.7. The third-order valence-electron chi connectivity index (χ3n) is 3.04. The summed E-state index contributed by atoms with van der Waals surface area (Å²) in [6, 6.07) is 13.9. The Bertz CT molecular complexity index is 601. The molecule has 1 amide bonds. The van der Waals surface area contributed by atoms with Gasteiger partial charge in [-0.15, -0.1) is 0 Å². The third-order valence-corrected chi connectivity index (χ3v) is 3.74. The van der Waals surface area contributed by atoms with Crippen LogP contribution in [-0.2, 0) is 6.54 Å². The van der Waals surface area contributed by atoms with Gasteiger partial charge in [-0.3, -0.25) is 4.79 Å². The number of hydrogen-bond donors (Lipinski definition) is 0. The highest BCUT2D eigenvalue weighted by Gasteiger charge is 2.17. The summed E-state index contributed by atoms with van der Waals surface area (Å²) in [7, 11) is 0. The van der Waals surface area contributed by atoms with E-state index in [1.807, 2.05) is 37.3 Å². The van der Waals surface area contributed by atoms with E-state index in [2.05, 4.69) is 15.9 Å². The first-order chi connectivity index (χ1) is 9.61. The Morgan fingerprint density at radius 1 is 1.20 bits per heavy atom. The lowest BCUT2D eigenvalue weighted by Crippen LogP contribution is -2.30. The third kappa shape index (κ3) is 3.45. The summed E-state index contributed by atoms with van der Waals surface area (Å²) in [6.45, 7) is 2.99. The highest BCUT2D eigenvalue weighted by Crippen LogP contribution is 2.20. The average molecular weight is 336 g/mol. The van der Waals surface area contributed by atoms with Crippen molar-refractivity contribution < 1.29 is 9.18 Å². The van der Waals surface area contributed by atoms with Crippen LogP contribution in [0.2, 0.25) is 0 Å². The molecule has 4 heteroatoms. The fourth-order valence-corrected chi connectivity index (χ4v) is 2.38. The molecule has 2 aromatic rings. The van der Waals surface area contributed by atoms with Crippen LogP contribution in [0.1, 0.15) is 22.8 Å². The highest BCUT2D eigenvalue weighted by molar-refractivity contribution is 9.10. The number of rotatable bonds is 4. The fraction of sp³-hybridized carbons (Fsp3) is 0.188. The van der Waals surface area contributed by atoms with Crippen molar-refractivity contribution in [1.82, 2.24) is 4.90 Å². The first-order valence-corrected chi connectivity index (χ1v) is 7.19. The number of carbonyl (C=O) groups is 1. The maximum Gasteiger partial charge on any atom is 0.255 e. The van der Waals surface area contributed by atoms with E-state index in [-0.39, 0.29) is 5.91 Å². The predicted molar refractivity (Wildman–Crippen MR) is 81.0 cm³/mol. The van der Waals surface area contributed by atoms with Crippen molar-refractivity contribution in [1.29, 1.82) is 0 Å². The fourth-order valence-electron chi connectivity index (χ4n) is 1.96. The molecule has 0 aliphatic rings. The molecule has 0 aliphatic carbocycles. The van der Waals surface area contributed by atoms with Crippen molar-refractivity contribution in [3.05, 3.63) is 69.9 Å². The van der Waals surface area contributed by atoms with Gasteiger partial charge in [0.2, 0.25) is 0 Å². The van der Waals surface area contributed by atoms with Gasteiger partial charge in [0.05, 0.1) is 5.56 Å². The Labute approximate surface area is 126 Å². The molecular formula is C16H15BrFNO. The van der Waals surface area contributed by atoms with Crippen LogP contribution < -0.4 is 0 Å². The van der Waals surface area contributed by atoms with Gasteiger partial charge in [0.1, 0.15) is 5.82 Å². The maximum atomic E-state index is 13.3. The maximum absolute atomic E-state index is 13.3. The normalized spacial score (nSPS) is 10.3. The Kier molecular flexibility index (Phi) is 4.90. The Balaban J connectivity index is 2.23. The molecule has 0 spiro atoms. The largest absolute Gasteiger partial charge is 0.335 e. The zero-order valence-electron chi connectivity index (χ0n) is 11.1. The molecule has 2 rings (SSSR count). The van der Waals surface area contributed by atoms with Gasteiger partial charge in [0, 0.05) is 17.6 Å². The van der Waals surface area contributed by atoms with Crippen molar-refractivity contribution in [3.63, 3.8) is 0 Å². The summed E-state index contributed by atoms with van der Waals surface area (Å²) in [4.78, 5) is 14.2. The summed E-state index contributed by atoms with van der Waals surface area (Å²) in [5, 5.41) is 0. The molecule has 0 N–H and O–H groups in total. The second-order valence-corrected chi connectivity index (χ2v) is 5.28. The average Bonchev–Trinajstić information content (AvgIpc) is 2.47. The monoisotopic (exact) mass is 335 g/mol. The minimum atomic E-state index is -0.410. The minimum absolute atomic E-state index is 0.178. The molecule has 0 atom stereocenters. The van der Waals surface area contributed by atoms with E-state index in [9.17, 15) is 9.18 Å². The second kappa shape index (κ2) is 6.66. The number of hydrogen-bond acceptors (Lipinski definition) is 1. The molecule has 0 radical (unpaired) electrons. The van der Waals surface area contributed by atoms with Crippen LogP contribution in [0, 0.1) is 5.82 Å². The SMILES string of the molecule is CCN(Cc1ccccc1)C(=O)c1cc(F)ccc1Br. The molecule has 0 aliphatic heterocycles. The quantitative estimate of drug-likeness (QED) is 0.817. The number of amides is 1. The van der Waals surface area contributed by atoms with E-state index < -0.39 is 5.82 Å². The van der Waals surface area contributed by atoms with Gasteiger partial charge in [-0.1, -0.05) is 30.3 Å². The Morgan fingerprint density at radius 3 is 2.55 bits per heavy atom. The van der Waals surface area contributed by atoms with E-state index >= 15 is 0 Å². The van der Waals surface area contributed by atoms with Crippen molar-refractivity contribution in [2.45, 2.75) is 13.5 Å². The minimum Gasteiger partial charge on any atom is -0.335 e. The van der Waals surface area contributed by atoms with Gasteiger partial charge >= 0.3 is 0 Å². The van der Waals surface area contributed by atoms with Gasteiger partial charge in [0.15, 0.2) is 0 Å². The standard InChI is InChI=1S/C16H15BrFNO/c1-2-19(11-12-6-4-3-5-7-12)16(20)14-10-13(18)8-9-15(14)17/h3-10H,2,11H2,1H3. The zero-order chi connectivity index (χ0) is 14.5. The molecule has 0 saturated heterocycles. The molecule has 2 nitrogen and oxygen atoms in total. The van der Waals surface area contributed by atoms with Crippen LogP contribution in [0.3, 0.4) is 0 Å². The summed E-state index contributed by atoms with van der Waals surface area (Å²) in [5.74, 6) is -0.588. The van der Waals surface area contributed by atoms with E-state index in [1.54, 1.807) is 11.0 Å². The Hall–Kier alpha value is -1.68. The van der Waals surface area contributed by atoms with E-state index in [1.165, 1.54) is 12.1 Å². The molecule has 104 valence electrons. The number of benzene rings is 2. The lowest BCUT2D eigenvalue weighted by Gasteiger charge is -2.21. The topological polar surface area (TPSA) is 20.3 Å². The molecule has 0 aromatic heterocycles. The van der Waals surface area contributed by atoms with Crippen molar-refractivity contribution >= 4 is 21.8 Å². The van der Waals surface area contributed by atoms with Crippen LogP contribution in [0.25, 0.3) is 0 Å². The van der Waals surface area contributed by atoms with Gasteiger partial charge in [0.25, 0.3) is 5.91 Å². The molecule has 2 aromatic carbocycles. The molecule has 0 bridgehead atoms.